The number of furan rings is 1. The van der Waals surface area contributed by atoms with Crippen molar-refractivity contribution in [3.63, 3.8) is 0 Å². The monoisotopic (exact) mass is 424 g/mol. The third-order valence-electron chi connectivity index (χ3n) is 4.13. The van der Waals surface area contributed by atoms with E-state index < -0.39 is 5.82 Å². The van der Waals surface area contributed by atoms with Crippen LogP contribution in [-0.4, -0.2) is 36.4 Å². The Morgan fingerprint density at radius 1 is 1.27 bits per heavy atom. The number of rotatable bonds is 7. The molecule has 0 aliphatic rings. The van der Waals surface area contributed by atoms with Crippen molar-refractivity contribution in [2.24, 2.45) is 0 Å². The van der Waals surface area contributed by atoms with Gasteiger partial charge in [0.15, 0.2) is 11.0 Å². The van der Waals surface area contributed by atoms with Gasteiger partial charge < -0.3 is 9.73 Å². The van der Waals surface area contributed by atoms with Gasteiger partial charge in [-0.25, -0.2) is 9.37 Å². The number of aromatic nitrogens is 5. The van der Waals surface area contributed by atoms with Crippen molar-refractivity contribution in [1.82, 2.24) is 24.7 Å². The van der Waals surface area contributed by atoms with Gasteiger partial charge in [-0.3, -0.25) is 14.3 Å². The Morgan fingerprint density at radius 3 is 2.90 bits per heavy atom. The van der Waals surface area contributed by atoms with Gasteiger partial charge in [0.1, 0.15) is 17.3 Å². The molecule has 4 aromatic rings. The molecule has 0 aliphatic heterocycles. The molecule has 1 aromatic carbocycles. The molecular formula is C20H17FN6O2S. The smallest absolute Gasteiger partial charge is 0.234 e. The van der Waals surface area contributed by atoms with Gasteiger partial charge in [-0.1, -0.05) is 17.8 Å². The molecule has 0 aliphatic carbocycles. The van der Waals surface area contributed by atoms with Crippen LogP contribution in [0.1, 0.15) is 11.3 Å². The molecule has 1 N–H and O–H groups in total. The van der Waals surface area contributed by atoms with E-state index >= 15 is 0 Å². The van der Waals surface area contributed by atoms with E-state index in [2.05, 4.69) is 25.5 Å². The van der Waals surface area contributed by atoms with E-state index in [9.17, 15) is 9.18 Å². The number of anilines is 1. The Balaban J connectivity index is 1.52. The minimum Gasteiger partial charge on any atom is -0.467 e. The first-order valence-corrected chi connectivity index (χ1v) is 9.99. The van der Waals surface area contributed by atoms with Crippen molar-refractivity contribution >= 4 is 23.4 Å². The van der Waals surface area contributed by atoms with Crippen molar-refractivity contribution in [2.45, 2.75) is 18.6 Å². The molecular weight excluding hydrogens is 407 g/mol. The van der Waals surface area contributed by atoms with E-state index in [1.165, 1.54) is 17.8 Å². The Morgan fingerprint density at radius 2 is 2.17 bits per heavy atom. The van der Waals surface area contributed by atoms with Crippen LogP contribution in [-0.2, 0) is 11.3 Å². The highest BCUT2D eigenvalue weighted by Crippen LogP contribution is 2.24. The maximum atomic E-state index is 14.0. The number of halogens is 1. The second kappa shape index (κ2) is 8.87. The molecule has 152 valence electrons. The lowest BCUT2D eigenvalue weighted by Crippen LogP contribution is -2.16. The highest BCUT2D eigenvalue weighted by Gasteiger charge is 2.18. The normalized spacial score (nSPS) is 10.9. The number of nitrogens with one attached hydrogen (secondary N) is 1. The molecule has 0 fully saturated rings. The molecule has 0 spiro atoms. The third kappa shape index (κ3) is 4.54. The van der Waals surface area contributed by atoms with E-state index in [4.69, 9.17) is 4.42 Å². The van der Waals surface area contributed by atoms with Crippen LogP contribution in [0, 0.1) is 12.7 Å². The Hall–Kier alpha value is -3.53. The lowest BCUT2D eigenvalue weighted by atomic mass is 10.2. The number of thioether (sulfide) groups is 1. The van der Waals surface area contributed by atoms with Crippen molar-refractivity contribution in [3.8, 4) is 11.5 Å². The van der Waals surface area contributed by atoms with Crippen LogP contribution in [0.15, 0.2) is 64.8 Å². The highest BCUT2D eigenvalue weighted by molar-refractivity contribution is 7.99. The van der Waals surface area contributed by atoms with Crippen LogP contribution in [0.2, 0.25) is 0 Å². The molecule has 30 heavy (non-hydrogen) atoms. The highest BCUT2D eigenvalue weighted by atomic mass is 32.2. The molecule has 4 rings (SSSR count). The fraction of sp³-hybridized carbons (Fsp3) is 0.150. The predicted octanol–water partition coefficient (Wildman–Crippen LogP) is 3.55. The number of amides is 1. The number of carbonyl (C=O) groups excluding carboxylic acids is 1. The zero-order chi connectivity index (χ0) is 20.9. The number of aryl methyl sites for hydroxylation is 1. The number of benzene rings is 1. The standard InChI is InChI=1S/C20H17FN6O2S/c1-13-4-5-16(15(21)9-13)24-18(28)12-30-20-26-25-19(17-10-22-6-7-23-17)27(20)11-14-3-2-8-29-14/h2-10H,11-12H2,1H3,(H,24,28). The lowest BCUT2D eigenvalue weighted by molar-refractivity contribution is -0.113. The first-order chi connectivity index (χ1) is 14.6. The number of hydrogen-bond acceptors (Lipinski definition) is 7. The predicted molar refractivity (Wildman–Crippen MR) is 109 cm³/mol. The second-order valence-corrected chi connectivity index (χ2v) is 7.32. The number of nitrogens with zero attached hydrogens (tertiary/aromatic N) is 5. The number of carbonyl (C=O) groups is 1. The van der Waals surface area contributed by atoms with E-state index in [0.29, 0.717) is 29.0 Å². The van der Waals surface area contributed by atoms with Gasteiger partial charge in [0, 0.05) is 12.4 Å². The fourth-order valence-corrected chi connectivity index (χ4v) is 3.48. The van der Waals surface area contributed by atoms with Gasteiger partial charge in [-0.05, 0) is 36.8 Å². The molecule has 3 heterocycles. The van der Waals surface area contributed by atoms with Crippen LogP contribution in [0.5, 0.6) is 0 Å². The van der Waals surface area contributed by atoms with Gasteiger partial charge in [0.2, 0.25) is 5.91 Å². The topological polar surface area (TPSA) is 98.7 Å². The lowest BCUT2D eigenvalue weighted by Gasteiger charge is -2.09. The van der Waals surface area contributed by atoms with Crippen molar-refractivity contribution in [2.75, 3.05) is 11.1 Å². The number of hydrogen-bond donors (Lipinski definition) is 1. The first-order valence-electron chi connectivity index (χ1n) is 9.01. The molecule has 0 saturated heterocycles. The van der Waals surface area contributed by atoms with Crippen molar-refractivity contribution < 1.29 is 13.6 Å². The summed E-state index contributed by atoms with van der Waals surface area (Å²) in [5.74, 6) is 0.417. The van der Waals surface area contributed by atoms with E-state index in [0.717, 1.165) is 5.56 Å². The quantitative estimate of drug-likeness (QED) is 0.453. The summed E-state index contributed by atoms with van der Waals surface area (Å²) in [4.78, 5) is 20.7. The second-order valence-electron chi connectivity index (χ2n) is 6.38. The summed E-state index contributed by atoms with van der Waals surface area (Å²) >= 11 is 1.19. The maximum absolute atomic E-state index is 14.0. The Labute approximate surface area is 175 Å². The molecule has 0 unspecified atom stereocenters. The molecule has 3 aromatic heterocycles. The summed E-state index contributed by atoms with van der Waals surface area (Å²) in [6.07, 6.45) is 6.31. The SMILES string of the molecule is Cc1ccc(NC(=O)CSc2nnc(-c3cnccn3)n2Cc2ccco2)c(F)c1. The largest absolute Gasteiger partial charge is 0.467 e. The van der Waals surface area contributed by atoms with Gasteiger partial charge >= 0.3 is 0 Å². The first kappa shape index (κ1) is 19.8. The summed E-state index contributed by atoms with van der Waals surface area (Å²) in [6.45, 7) is 2.15. The van der Waals surface area contributed by atoms with Crippen LogP contribution in [0.25, 0.3) is 11.5 Å². The van der Waals surface area contributed by atoms with E-state index in [1.807, 2.05) is 6.07 Å². The zero-order valence-corrected chi connectivity index (χ0v) is 16.8. The maximum Gasteiger partial charge on any atom is 0.234 e. The zero-order valence-electron chi connectivity index (χ0n) is 15.9. The summed E-state index contributed by atoms with van der Waals surface area (Å²) in [6, 6.07) is 8.27. The average molecular weight is 424 g/mol. The molecule has 0 radical (unpaired) electrons. The van der Waals surface area contributed by atoms with Crippen LogP contribution < -0.4 is 5.32 Å². The molecule has 0 atom stereocenters. The summed E-state index contributed by atoms with van der Waals surface area (Å²) in [5.41, 5.74) is 1.47. The minimum atomic E-state index is -0.473. The van der Waals surface area contributed by atoms with E-state index in [-0.39, 0.29) is 17.3 Å². The Bertz CT molecular complexity index is 1150. The van der Waals surface area contributed by atoms with Crippen LogP contribution in [0.3, 0.4) is 0 Å². The third-order valence-corrected chi connectivity index (χ3v) is 5.10. The van der Waals surface area contributed by atoms with Gasteiger partial charge in [0.05, 0.1) is 30.4 Å². The molecule has 0 saturated carbocycles. The van der Waals surface area contributed by atoms with Crippen LogP contribution >= 0.6 is 11.8 Å². The summed E-state index contributed by atoms with van der Waals surface area (Å²) < 4.78 is 21.2. The van der Waals surface area contributed by atoms with Crippen molar-refractivity contribution in [3.05, 3.63) is 72.3 Å². The Kier molecular flexibility index (Phi) is 5.84. The van der Waals surface area contributed by atoms with Crippen molar-refractivity contribution in [1.29, 1.82) is 0 Å². The summed E-state index contributed by atoms with van der Waals surface area (Å²) in [7, 11) is 0. The van der Waals surface area contributed by atoms with E-state index in [1.54, 1.807) is 54.5 Å². The summed E-state index contributed by atoms with van der Waals surface area (Å²) in [5, 5.41) is 11.5. The molecule has 8 nitrogen and oxygen atoms in total. The van der Waals surface area contributed by atoms with Gasteiger partial charge in [-0.15, -0.1) is 10.2 Å². The van der Waals surface area contributed by atoms with Crippen LogP contribution in [0.4, 0.5) is 10.1 Å². The van der Waals surface area contributed by atoms with Gasteiger partial charge in [0.25, 0.3) is 0 Å². The molecule has 1 amide bonds. The minimum absolute atomic E-state index is 0.0318. The van der Waals surface area contributed by atoms with Gasteiger partial charge in [-0.2, -0.15) is 0 Å². The fourth-order valence-electron chi connectivity index (χ4n) is 2.74. The molecule has 0 bridgehead atoms. The average Bonchev–Trinajstić information content (AvgIpc) is 3.40. The molecule has 10 heteroatoms.